The largest absolute Gasteiger partial charge is 0.434 e. The molecule has 2 fully saturated rings. The van der Waals surface area contributed by atoms with E-state index in [1.165, 1.54) is 19.3 Å². The van der Waals surface area contributed by atoms with Crippen LogP contribution >= 0.6 is 11.3 Å². The highest BCUT2D eigenvalue weighted by Gasteiger charge is 2.38. The van der Waals surface area contributed by atoms with Gasteiger partial charge in [-0.05, 0) is 38.5 Å². The molecule has 4 nitrogen and oxygen atoms in total. The van der Waals surface area contributed by atoms with E-state index in [1.54, 1.807) is 6.92 Å². The van der Waals surface area contributed by atoms with Crippen molar-refractivity contribution in [2.75, 3.05) is 6.54 Å². The molecule has 1 N–H and O–H groups in total. The quantitative estimate of drug-likeness (QED) is 0.891. The number of nitrogens with zero attached hydrogens (tertiary/aromatic N) is 2. The van der Waals surface area contributed by atoms with E-state index in [0.29, 0.717) is 5.92 Å². The molecular formula is C15H20F3N3OS. The Morgan fingerprint density at radius 1 is 1.39 bits per heavy atom. The molecule has 8 heteroatoms. The molecule has 1 saturated heterocycles. The number of likely N-dealkylation sites (tertiary alicyclic amines) is 1. The lowest BCUT2D eigenvalue weighted by Crippen LogP contribution is -2.47. The summed E-state index contributed by atoms with van der Waals surface area (Å²) >= 11 is 0.927. The first-order chi connectivity index (χ1) is 10.9. The van der Waals surface area contributed by atoms with Crippen LogP contribution in [0.2, 0.25) is 0 Å². The second-order valence-corrected chi connectivity index (χ2v) is 7.22. The van der Waals surface area contributed by atoms with Gasteiger partial charge in [-0.1, -0.05) is 6.42 Å². The van der Waals surface area contributed by atoms with E-state index in [0.717, 1.165) is 36.1 Å². The van der Waals surface area contributed by atoms with Crippen molar-refractivity contribution in [1.29, 1.82) is 0 Å². The molecule has 2 heterocycles. The molecule has 0 aromatic carbocycles. The predicted molar refractivity (Wildman–Crippen MR) is 81.1 cm³/mol. The average Bonchev–Trinajstić information content (AvgIpc) is 3.04. The number of hydrogen-bond acceptors (Lipinski definition) is 3. The molecule has 0 unspecified atom stereocenters. The van der Waals surface area contributed by atoms with Crippen LogP contribution in [0.1, 0.15) is 55.8 Å². The molecule has 1 aromatic rings. The second-order valence-electron chi connectivity index (χ2n) is 6.33. The van der Waals surface area contributed by atoms with Crippen molar-refractivity contribution in [3.8, 4) is 0 Å². The Kier molecular flexibility index (Phi) is 4.53. The van der Waals surface area contributed by atoms with Gasteiger partial charge in [-0.3, -0.25) is 0 Å². The van der Waals surface area contributed by atoms with Crippen molar-refractivity contribution in [2.24, 2.45) is 5.92 Å². The highest BCUT2D eigenvalue weighted by Crippen LogP contribution is 2.37. The Morgan fingerprint density at radius 2 is 2.13 bits per heavy atom. The van der Waals surface area contributed by atoms with Crippen molar-refractivity contribution in [3.05, 3.63) is 16.1 Å². The van der Waals surface area contributed by atoms with Crippen LogP contribution in [0.25, 0.3) is 0 Å². The molecule has 2 amide bonds. The summed E-state index contributed by atoms with van der Waals surface area (Å²) in [4.78, 5) is 17.9. The SMILES string of the molecule is C[C@@H](NC(=O)N1CCC[C@H]1C1CCC1)c1nc(C(F)(F)F)cs1. The third-order valence-electron chi connectivity index (χ3n) is 4.78. The van der Waals surface area contributed by atoms with Crippen LogP contribution in [-0.2, 0) is 6.18 Å². The van der Waals surface area contributed by atoms with Crippen molar-refractivity contribution in [3.63, 3.8) is 0 Å². The molecule has 2 aliphatic rings. The fourth-order valence-electron chi connectivity index (χ4n) is 3.31. The maximum absolute atomic E-state index is 12.6. The van der Waals surface area contributed by atoms with Crippen molar-refractivity contribution in [1.82, 2.24) is 15.2 Å². The third kappa shape index (κ3) is 3.46. The van der Waals surface area contributed by atoms with E-state index in [9.17, 15) is 18.0 Å². The van der Waals surface area contributed by atoms with Gasteiger partial charge in [0.15, 0.2) is 5.69 Å². The Morgan fingerprint density at radius 3 is 2.70 bits per heavy atom. The molecular weight excluding hydrogens is 327 g/mol. The van der Waals surface area contributed by atoms with Crippen LogP contribution in [0.3, 0.4) is 0 Å². The lowest BCUT2D eigenvalue weighted by atomic mass is 9.79. The van der Waals surface area contributed by atoms with E-state index in [-0.39, 0.29) is 17.1 Å². The zero-order valence-electron chi connectivity index (χ0n) is 12.9. The number of alkyl halides is 3. The van der Waals surface area contributed by atoms with Gasteiger partial charge in [0.1, 0.15) is 5.01 Å². The molecule has 23 heavy (non-hydrogen) atoms. The van der Waals surface area contributed by atoms with Crippen LogP contribution in [0.4, 0.5) is 18.0 Å². The van der Waals surface area contributed by atoms with Crippen molar-refractivity contribution in [2.45, 2.75) is 57.3 Å². The minimum absolute atomic E-state index is 0.185. The van der Waals surface area contributed by atoms with Gasteiger partial charge in [-0.2, -0.15) is 13.2 Å². The number of nitrogens with one attached hydrogen (secondary N) is 1. The summed E-state index contributed by atoms with van der Waals surface area (Å²) in [5.41, 5.74) is -0.896. The van der Waals surface area contributed by atoms with Gasteiger partial charge in [-0.25, -0.2) is 9.78 Å². The molecule has 1 saturated carbocycles. The lowest BCUT2D eigenvalue weighted by molar-refractivity contribution is -0.140. The molecule has 0 spiro atoms. The van der Waals surface area contributed by atoms with E-state index in [2.05, 4.69) is 10.3 Å². The highest BCUT2D eigenvalue weighted by atomic mass is 32.1. The summed E-state index contributed by atoms with van der Waals surface area (Å²) in [6, 6.07) is -0.417. The van der Waals surface area contributed by atoms with Crippen LogP contribution in [0.15, 0.2) is 5.38 Å². The van der Waals surface area contributed by atoms with Gasteiger partial charge in [-0.15, -0.1) is 11.3 Å². The van der Waals surface area contributed by atoms with Crippen molar-refractivity contribution < 1.29 is 18.0 Å². The first-order valence-electron chi connectivity index (χ1n) is 7.96. The van der Waals surface area contributed by atoms with E-state index < -0.39 is 17.9 Å². The van der Waals surface area contributed by atoms with Gasteiger partial charge in [0.2, 0.25) is 0 Å². The zero-order valence-corrected chi connectivity index (χ0v) is 13.7. The maximum Gasteiger partial charge on any atom is 0.434 e. The monoisotopic (exact) mass is 347 g/mol. The number of carbonyl (C=O) groups is 1. The van der Waals surface area contributed by atoms with Crippen LogP contribution in [0.5, 0.6) is 0 Å². The standard InChI is InChI=1S/C15H20F3N3OS/c1-9(13-20-12(8-23-13)15(16,17)18)19-14(22)21-7-3-6-11(21)10-4-2-5-10/h8-11H,2-7H2,1H3,(H,19,22)/t9-,11+/m1/s1. The fourth-order valence-corrected chi connectivity index (χ4v) is 4.14. The third-order valence-corrected chi connectivity index (χ3v) is 5.80. The number of urea groups is 1. The summed E-state index contributed by atoms with van der Waals surface area (Å²) < 4.78 is 37.8. The van der Waals surface area contributed by atoms with Gasteiger partial charge >= 0.3 is 12.2 Å². The summed E-state index contributed by atoms with van der Waals surface area (Å²) in [7, 11) is 0. The molecule has 1 aliphatic carbocycles. The number of amides is 2. The Hall–Kier alpha value is -1.31. The minimum atomic E-state index is -4.44. The Balaban J connectivity index is 1.61. The zero-order chi connectivity index (χ0) is 16.6. The van der Waals surface area contributed by atoms with Gasteiger partial charge in [0, 0.05) is 18.0 Å². The summed E-state index contributed by atoms with van der Waals surface area (Å²) in [6.45, 7) is 2.40. The molecule has 2 atom stereocenters. The Bertz CT molecular complexity index is 571. The normalized spacial score (nSPS) is 23.7. The molecule has 3 rings (SSSR count). The molecule has 128 valence electrons. The number of halogens is 3. The van der Waals surface area contributed by atoms with E-state index in [4.69, 9.17) is 0 Å². The number of carbonyl (C=O) groups excluding carboxylic acids is 1. The molecule has 0 bridgehead atoms. The number of thiazole rings is 1. The van der Waals surface area contributed by atoms with Gasteiger partial charge in [0.25, 0.3) is 0 Å². The Labute approximate surface area is 137 Å². The summed E-state index contributed by atoms with van der Waals surface area (Å²) in [5, 5.41) is 4.08. The fraction of sp³-hybridized carbons (Fsp3) is 0.733. The van der Waals surface area contributed by atoms with Crippen molar-refractivity contribution >= 4 is 17.4 Å². The number of hydrogen-bond donors (Lipinski definition) is 1. The first-order valence-corrected chi connectivity index (χ1v) is 8.84. The average molecular weight is 347 g/mol. The van der Waals surface area contributed by atoms with Crippen LogP contribution < -0.4 is 5.32 Å². The topological polar surface area (TPSA) is 45.2 Å². The predicted octanol–water partition coefficient (Wildman–Crippen LogP) is 4.20. The minimum Gasteiger partial charge on any atom is -0.329 e. The number of aromatic nitrogens is 1. The van der Waals surface area contributed by atoms with Gasteiger partial charge in [0.05, 0.1) is 6.04 Å². The first kappa shape index (κ1) is 16.5. The van der Waals surface area contributed by atoms with E-state index in [1.807, 2.05) is 4.90 Å². The summed E-state index contributed by atoms with van der Waals surface area (Å²) in [5.74, 6) is 0.593. The molecule has 1 aromatic heterocycles. The van der Waals surface area contributed by atoms with Crippen LogP contribution in [0, 0.1) is 5.92 Å². The van der Waals surface area contributed by atoms with E-state index >= 15 is 0 Å². The lowest BCUT2D eigenvalue weighted by Gasteiger charge is -2.37. The smallest absolute Gasteiger partial charge is 0.329 e. The molecule has 0 radical (unpaired) electrons. The second kappa shape index (κ2) is 6.30. The number of rotatable bonds is 3. The van der Waals surface area contributed by atoms with Gasteiger partial charge < -0.3 is 10.2 Å². The van der Waals surface area contributed by atoms with Crippen LogP contribution in [-0.4, -0.2) is 28.5 Å². The maximum atomic E-state index is 12.6. The highest BCUT2D eigenvalue weighted by molar-refractivity contribution is 7.09. The summed E-state index contributed by atoms with van der Waals surface area (Å²) in [6.07, 6.45) is 1.16. The molecule has 1 aliphatic heterocycles.